The van der Waals surface area contributed by atoms with E-state index in [2.05, 4.69) is 5.32 Å². The van der Waals surface area contributed by atoms with Crippen LogP contribution < -0.4 is 5.32 Å². The Morgan fingerprint density at radius 2 is 2.14 bits per heavy atom. The molecule has 0 spiro atoms. The summed E-state index contributed by atoms with van der Waals surface area (Å²) in [6.07, 6.45) is 0. The fourth-order valence-electron chi connectivity index (χ4n) is 2.19. The number of aromatic carboxylic acids is 1. The van der Waals surface area contributed by atoms with Crippen molar-refractivity contribution in [3.8, 4) is 0 Å². The van der Waals surface area contributed by atoms with Crippen LogP contribution >= 0.6 is 22.6 Å². The number of benzene rings is 1. The molecule has 1 fully saturated rings. The molecule has 6 nitrogen and oxygen atoms in total. The van der Waals surface area contributed by atoms with Crippen LogP contribution in [-0.4, -0.2) is 47.3 Å². The molecule has 1 aliphatic heterocycles. The Morgan fingerprint density at radius 3 is 2.76 bits per heavy atom. The summed E-state index contributed by atoms with van der Waals surface area (Å²) in [5.74, 6) is -1.06. The van der Waals surface area contributed by atoms with Crippen molar-refractivity contribution < 1.29 is 19.4 Å². The molecular weight excluding hydrogens is 387 g/mol. The highest BCUT2D eigenvalue weighted by atomic mass is 127. The average Bonchev–Trinajstić information content (AvgIpc) is 2.39. The maximum absolute atomic E-state index is 12.3. The minimum atomic E-state index is -1.06. The first kappa shape index (κ1) is 16.0. The number of hydrogen-bond donors (Lipinski definition) is 2. The van der Waals surface area contributed by atoms with Crippen LogP contribution in [0.5, 0.6) is 0 Å². The summed E-state index contributed by atoms with van der Waals surface area (Å²) >= 11 is 2.03. The van der Waals surface area contributed by atoms with Gasteiger partial charge < -0.3 is 20.1 Å². The first-order valence-corrected chi connectivity index (χ1v) is 7.59. The van der Waals surface area contributed by atoms with E-state index >= 15 is 0 Å². The Labute approximate surface area is 136 Å². The van der Waals surface area contributed by atoms with Crippen LogP contribution in [-0.2, 0) is 4.74 Å². The van der Waals surface area contributed by atoms with Crippen LogP contribution in [0.25, 0.3) is 0 Å². The number of nitrogens with zero attached hydrogens (tertiary/aromatic N) is 1. The number of hydrogen-bond acceptors (Lipinski definition) is 3. The Morgan fingerprint density at radius 1 is 1.43 bits per heavy atom. The van der Waals surface area contributed by atoms with Gasteiger partial charge in [-0.2, -0.15) is 0 Å². The number of amides is 2. The lowest BCUT2D eigenvalue weighted by Gasteiger charge is -2.38. The monoisotopic (exact) mass is 404 g/mol. The van der Waals surface area contributed by atoms with Crippen LogP contribution in [0.1, 0.15) is 24.2 Å². The molecular formula is C14H17IN2O4. The maximum atomic E-state index is 12.3. The Hall–Kier alpha value is -1.35. The normalized spacial score (nSPS) is 17.4. The SMILES string of the molecule is CC1(C)CN(C(=O)Nc2ccc(I)cc2C(=O)O)CCO1. The molecule has 2 N–H and O–H groups in total. The molecule has 114 valence electrons. The molecule has 0 radical (unpaired) electrons. The van der Waals surface area contributed by atoms with Crippen molar-refractivity contribution >= 4 is 40.3 Å². The zero-order valence-corrected chi connectivity index (χ0v) is 14.0. The molecule has 0 saturated carbocycles. The molecule has 21 heavy (non-hydrogen) atoms. The second kappa shape index (κ2) is 6.18. The second-order valence-electron chi connectivity index (χ2n) is 5.45. The van der Waals surface area contributed by atoms with Gasteiger partial charge in [0.1, 0.15) is 0 Å². The summed E-state index contributed by atoms with van der Waals surface area (Å²) < 4.78 is 6.36. The van der Waals surface area contributed by atoms with Gasteiger partial charge in [-0.1, -0.05) is 0 Å². The fraction of sp³-hybridized carbons (Fsp3) is 0.429. The third-order valence-corrected chi connectivity index (χ3v) is 3.84. The third-order valence-electron chi connectivity index (χ3n) is 3.17. The quantitative estimate of drug-likeness (QED) is 0.743. The van der Waals surface area contributed by atoms with E-state index in [1.807, 2.05) is 36.4 Å². The summed E-state index contributed by atoms with van der Waals surface area (Å²) in [6.45, 7) is 5.26. The summed E-state index contributed by atoms with van der Waals surface area (Å²) in [6, 6.07) is 4.58. The maximum Gasteiger partial charge on any atom is 0.337 e. The van der Waals surface area contributed by atoms with Crippen molar-refractivity contribution in [3.05, 3.63) is 27.3 Å². The first-order valence-electron chi connectivity index (χ1n) is 6.51. The number of urea groups is 1. The summed E-state index contributed by atoms with van der Waals surface area (Å²) in [4.78, 5) is 25.2. The molecule has 0 bridgehead atoms. The molecule has 0 unspecified atom stereocenters. The van der Waals surface area contributed by atoms with Gasteiger partial charge in [0.25, 0.3) is 0 Å². The number of anilines is 1. The summed E-state index contributed by atoms with van der Waals surface area (Å²) in [7, 11) is 0. The Kier molecular flexibility index (Phi) is 4.72. The van der Waals surface area contributed by atoms with E-state index in [0.29, 0.717) is 25.4 Å². The molecule has 1 aliphatic rings. The topological polar surface area (TPSA) is 78.9 Å². The third kappa shape index (κ3) is 4.07. The summed E-state index contributed by atoms with van der Waals surface area (Å²) in [5.41, 5.74) is -0.00271. The molecule has 1 aromatic carbocycles. The van der Waals surface area contributed by atoms with Crippen LogP contribution in [0, 0.1) is 3.57 Å². The fourth-order valence-corrected chi connectivity index (χ4v) is 2.68. The Bertz CT molecular complexity index is 574. The minimum Gasteiger partial charge on any atom is -0.478 e. The average molecular weight is 404 g/mol. The van der Waals surface area contributed by atoms with Crippen molar-refractivity contribution in [1.29, 1.82) is 0 Å². The molecule has 0 atom stereocenters. The van der Waals surface area contributed by atoms with Gasteiger partial charge in [0.2, 0.25) is 0 Å². The van der Waals surface area contributed by atoms with Crippen LogP contribution in [0.3, 0.4) is 0 Å². The number of nitrogens with one attached hydrogen (secondary N) is 1. The van der Waals surface area contributed by atoms with E-state index in [4.69, 9.17) is 4.74 Å². The lowest BCUT2D eigenvalue weighted by Crippen LogP contribution is -2.51. The van der Waals surface area contributed by atoms with E-state index in [-0.39, 0.29) is 11.6 Å². The molecule has 1 heterocycles. The number of carboxylic acids is 1. The van der Waals surface area contributed by atoms with Gasteiger partial charge in [0, 0.05) is 10.1 Å². The number of carbonyl (C=O) groups is 2. The predicted octanol–water partition coefficient (Wildman–Crippen LogP) is 2.63. The summed E-state index contributed by atoms with van der Waals surface area (Å²) in [5, 5.41) is 11.9. The lowest BCUT2D eigenvalue weighted by molar-refractivity contribution is -0.0720. The van der Waals surface area contributed by atoms with Crippen LogP contribution in [0.4, 0.5) is 10.5 Å². The van der Waals surface area contributed by atoms with Gasteiger partial charge in [-0.15, -0.1) is 0 Å². The number of rotatable bonds is 2. The van der Waals surface area contributed by atoms with Gasteiger partial charge in [-0.3, -0.25) is 0 Å². The molecule has 7 heteroatoms. The molecule has 2 amide bonds. The van der Waals surface area contributed by atoms with Crippen molar-refractivity contribution in [2.75, 3.05) is 25.0 Å². The highest BCUT2D eigenvalue weighted by Crippen LogP contribution is 2.21. The number of halogens is 1. The van der Waals surface area contributed by atoms with Crippen molar-refractivity contribution in [1.82, 2.24) is 4.90 Å². The van der Waals surface area contributed by atoms with E-state index in [9.17, 15) is 14.7 Å². The van der Waals surface area contributed by atoms with Gasteiger partial charge in [-0.05, 0) is 54.6 Å². The van der Waals surface area contributed by atoms with E-state index < -0.39 is 11.6 Å². The van der Waals surface area contributed by atoms with Gasteiger partial charge in [0.15, 0.2) is 0 Å². The smallest absolute Gasteiger partial charge is 0.337 e. The molecule has 0 aliphatic carbocycles. The first-order chi connectivity index (χ1) is 9.78. The standard InChI is InChI=1S/C14H17IN2O4/c1-14(2)8-17(5-6-21-14)13(20)16-11-4-3-9(15)7-10(11)12(18)19/h3-4,7H,5-6,8H2,1-2H3,(H,16,20)(H,18,19). The zero-order chi connectivity index (χ0) is 15.6. The van der Waals surface area contributed by atoms with Crippen LogP contribution in [0.2, 0.25) is 0 Å². The highest BCUT2D eigenvalue weighted by molar-refractivity contribution is 14.1. The number of carboxylic acid groups (broad SMARTS) is 1. The van der Waals surface area contributed by atoms with Gasteiger partial charge >= 0.3 is 12.0 Å². The van der Waals surface area contributed by atoms with E-state index in [1.165, 1.54) is 6.07 Å². The second-order valence-corrected chi connectivity index (χ2v) is 6.70. The molecule has 2 rings (SSSR count). The highest BCUT2D eigenvalue weighted by Gasteiger charge is 2.30. The van der Waals surface area contributed by atoms with E-state index in [1.54, 1.807) is 17.0 Å². The van der Waals surface area contributed by atoms with Crippen molar-refractivity contribution in [3.63, 3.8) is 0 Å². The van der Waals surface area contributed by atoms with Gasteiger partial charge in [-0.25, -0.2) is 9.59 Å². The van der Waals surface area contributed by atoms with Gasteiger partial charge in [0.05, 0.1) is 30.0 Å². The number of carbonyl (C=O) groups excluding carboxylic acids is 1. The van der Waals surface area contributed by atoms with Crippen molar-refractivity contribution in [2.24, 2.45) is 0 Å². The lowest BCUT2D eigenvalue weighted by atomic mass is 10.1. The van der Waals surface area contributed by atoms with Crippen LogP contribution in [0.15, 0.2) is 18.2 Å². The van der Waals surface area contributed by atoms with Crippen molar-refractivity contribution in [2.45, 2.75) is 19.4 Å². The number of ether oxygens (including phenoxy) is 1. The van der Waals surface area contributed by atoms with E-state index in [0.717, 1.165) is 3.57 Å². The Balaban J connectivity index is 2.14. The zero-order valence-electron chi connectivity index (χ0n) is 11.9. The molecule has 0 aromatic heterocycles. The number of morpholine rings is 1. The predicted molar refractivity (Wildman–Crippen MR) is 86.7 cm³/mol. The molecule has 1 saturated heterocycles. The molecule has 1 aromatic rings. The largest absolute Gasteiger partial charge is 0.478 e. The minimum absolute atomic E-state index is 0.0859.